The molecule has 4 aromatic rings. The molecule has 11 nitrogen and oxygen atoms in total. The van der Waals surface area contributed by atoms with Crippen LogP contribution in [0.3, 0.4) is 0 Å². The van der Waals surface area contributed by atoms with Crippen molar-refractivity contribution in [2.45, 2.75) is 65.6 Å². The molecule has 11 heteroatoms. The number of H-pyrrole nitrogens is 1. The first-order valence-electron chi connectivity index (χ1n) is 15.2. The van der Waals surface area contributed by atoms with Crippen LogP contribution < -0.4 is 9.47 Å². The van der Waals surface area contributed by atoms with Gasteiger partial charge in [-0.05, 0) is 78.9 Å². The average molecular weight is 574 g/mol. The first kappa shape index (κ1) is 28.4. The summed E-state index contributed by atoms with van der Waals surface area (Å²) in [5.74, 6) is 1.38. The second-order valence-corrected chi connectivity index (χ2v) is 11.8. The van der Waals surface area contributed by atoms with E-state index in [1.54, 1.807) is 0 Å². The van der Waals surface area contributed by atoms with Gasteiger partial charge in [0.05, 0.1) is 58.3 Å². The van der Waals surface area contributed by atoms with Crippen molar-refractivity contribution in [3.63, 3.8) is 0 Å². The van der Waals surface area contributed by atoms with Crippen molar-refractivity contribution in [2.75, 3.05) is 39.8 Å². The van der Waals surface area contributed by atoms with Gasteiger partial charge in [-0.1, -0.05) is 6.42 Å². The van der Waals surface area contributed by atoms with Crippen molar-refractivity contribution in [3.8, 4) is 23.0 Å². The van der Waals surface area contributed by atoms with Crippen LogP contribution in [0.4, 0.5) is 0 Å². The summed E-state index contributed by atoms with van der Waals surface area (Å²) in [5.41, 5.74) is 6.41. The predicted octanol–water partition coefficient (Wildman–Crippen LogP) is 4.69. The van der Waals surface area contributed by atoms with Gasteiger partial charge in [-0.2, -0.15) is 10.2 Å². The highest BCUT2D eigenvalue weighted by molar-refractivity contribution is 5.92. The number of nitrogens with zero attached hydrogens (tertiary/aromatic N) is 8. The van der Waals surface area contributed by atoms with Crippen molar-refractivity contribution in [1.29, 1.82) is 0 Å². The minimum absolute atomic E-state index is 0.0885. The maximum Gasteiger partial charge on any atom is 0.240 e. The van der Waals surface area contributed by atoms with Crippen LogP contribution >= 0.6 is 0 Å². The highest BCUT2D eigenvalue weighted by atomic mass is 16.5. The summed E-state index contributed by atoms with van der Waals surface area (Å²) < 4.78 is 16.7. The van der Waals surface area contributed by atoms with Gasteiger partial charge in [-0.15, -0.1) is 5.10 Å². The first-order chi connectivity index (χ1) is 20.3. The number of piperidine rings is 1. The molecule has 0 saturated carbocycles. The Labute approximate surface area is 247 Å². The van der Waals surface area contributed by atoms with Crippen LogP contribution in [0.15, 0.2) is 12.3 Å². The van der Waals surface area contributed by atoms with Crippen LogP contribution in [0.5, 0.6) is 11.8 Å². The number of likely N-dealkylation sites (tertiary alicyclic amines) is 1. The molecule has 1 saturated heterocycles. The van der Waals surface area contributed by atoms with Crippen molar-refractivity contribution in [2.24, 2.45) is 7.05 Å². The number of fused-ring (bicyclic) bond motifs is 4. The van der Waals surface area contributed by atoms with E-state index in [4.69, 9.17) is 19.6 Å². The number of aromatic nitrogens is 7. The predicted molar refractivity (Wildman–Crippen MR) is 165 cm³/mol. The standard InChI is InChI=1S/C31H43N9O2/c1-7-41-30-23-11-12-25-24-15-26(32-16-27(24)34-33-25)29-22(4)35-38(6)31(29)42-21(3)18-37(5)19-28(23)40(36-30)20(2)17-39-13-9-8-10-14-39/h11-12,15-16,20-21H,7-10,13-14,17-19H2,1-6H3,(H,33,34)/b12-11+/t20-,21-/m0/s1. The summed E-state index contributed by atoms with van der Waals surface area (Å²) >= 11 is 0. The molecule has 0 spiro atoms. The molecule has 0 aliphatic carbocycles. The molecule has 0 unspecified atom stereocenters. The van der Waals surface area contributed by atoms with Crippen molar-refractivity contribution in [1.82, 2.24) is 44.5 Å². The molecule has 2 aliphatic rings. The van der Waals surface area contributed by atoms with E-state index in [-0.39, 0.29) is 12.1 Å². The molecule has 42 heavy (non-hydrogen) atoms. The lowest BCUT2D eigenvalue weighted by molar-refractivity contribution is 0.145. The summed E-state index contributed by atoms with van der Waals surface area (Å²) in [6.07, 6.45) is 9.77. The summed E-state index contributed by atoms with van der Waals surface area (Å²) in [5, 5.41) is 18.5. The Morgan fingerprint density at radius 2 is 1.95 bits per heavy atom. The number of ether oxygens (including phenoxy) is 2. The van der Waals surface area contributed by atoms with E-state index in [0.717, 1.165) is 76.9 Å². The van der Waals surface area contributed by atoms with Crippen LogP contribution in [0.2, 0.25) is 0 Å². The smallest absolute Gasteiger partial charge is 0.240 e. The molecule has 1 fully saturated rings. The topological polar surface area (TPSA) is 102 Å². The highest BCUT2D eigenvalue weighted by Gasteiger charge is 2.26. The first-order valence-corrected chi connectivity index (χ1v) is 15.2. The average Bonchev–Trinajstić information content (AvgIpc) is 3.60. The van der Waals surface area contributed by atoms with E-state index in [0.29, 0.717) is 19.0 Å². The second-order valence-electron chi connectivity index (χ2n) is 11.8. The molecule has 2 bridgehead atoms. The van der Waals surface area contributed by atoms with Gasteiger partial charge in [-0.25, -0.2) is 4.68 Å². The van der Waals surface area contributed by atoms with E-state index in [2.05, 4.69) is 68.9 Å². The van der Waals surface area contributed by atoms with Gasteiger partial charge in [0.25, 0.3) is 0 Å². The molecule has 0 aromatic carbocycles. The van der Waals surface area contributed by atoms with E-state index < -0.39 is 0 Å². The van der Waals surface area contributed by atoms with Crippen molar-refractivity contribution >= 4 is 23.1 Å². The molecule has 6 rings (SSSR count). The van der Waals surface area contributed by atoms with Crippen molar-refractivity contribution in [3.05, 3.63) is 34.9 Å². The zero-order valence-electron chi connectivity index (χ0n) is 25.7. The molecular weight excluding hydrogens is 530 g/mol. The van der Waals surface area contributed by atoms with E-state index in [1.165, 1.54) is 19.3 Å². The Morgan fingerprint density at radius 3 is 2.74 bits per heavy atom. The molecule has 224 valence electrons. The zero-order valence-corrected chi connectivity index (χ0v) is 25.7. The lowest BCUT2D eigenvalue weighted by Crippen LogP contribution is -2.36. The monoisotopic (exact) mass is 573 g/mol. The number of likely N-dealkylation sites (N-methyl/N-ethyl adjacent to an activating group) is 1. The normalized spacial score (nSPS) is 20.0. The van der Waals surface area contributed by atoms with Gasteiger partial charge < -0.3 is 14.4 Å². The van der Waals surface area contributed by atoms with Gasteiger partial charge in [0.1, 0.15) is 6.10 Å². The number of nitrogens with one attached hydrogen (secondary N) is 1. The fourth-order valence-electron chi connectivity index (χ4n) is 6.40. The van der Waals surface area contributed by atoms with E-state index in [9.17, 15) is 0 Å². The third kappa shape index (κ3) is 5.55. The molecule has 1 N–H and O–H groups in total. The lowest BCUT2D eigenvalue weighted by atomic mass is 10.1. The highest BCUT2D eigenvalue weighted by Crippen LogP contribution is 2.35. The Kier molecular flexibility index (Phi) is 8.04. The van der Waals surface area contributed by atoms with Crippen molar-refractivity contribution < 1.29 is 9.47 Å². The summed E-state index contributed by atoms with van der Waals surface area (Å²) in [6.45, 7) is 13.6. The van der Waals surface area contributed by atoms with Crippen LogP contribution in [0.1, 0.15) is 68.7 Å². The van der Waals surface area contributed by atoms with Crippen LogP contribution in [0.25, 0.3) is 34.3 Å². The largest absolute Gasteiger partial charge is 0.476 e. The third-order valence-electron chi connectivity index (χ3n) is 8.30. The number of hydrogen-bond acceptors (Lipinski definition) is 8. The maximum atomic E-state index is 6.58. The molecule has 6 heterocycles. The molecule has 0 amide bonds. The summed E-state index contributed by atoms with van der Waals surface area (Å²) in [6, 6.07) is 2.27. The Hall–Kier alpha value is -3.70. The number of rotatable bonds is 5. The minimum atomic E-state index is -0.0885. The minimum Gasteiger partial charge on any atom is -0.476 e. The lowest BCUT2D eigenvalue weighted by Gasteiger charge is -2.30. The van der Waals surface area contributed by atoms with Crippen LogP contribution in [-0.4, -0.2) is 90.5 Å². The van der Waals surface area contributed by atoms with Crippen LogP contribution in [0, 0.1) is 6.92 Å². The van der Waals surface area contributed by atoms with Gasteiger partial charge in [0.2, 0.25) is 11.8 Å². The number of pyridine rings is 1. The maximum absolute atomic E-state index is 6.58. The number of aromatic amines is 1. The van der Waals surface area contributed by atoms with Gasteiger partial charge in [0.15, 0.2) is 0 Å². The Balaban J connectivity index is 1.47. The Morgan fingerprint density at radius 1 is 1.14 bits per heavy atom. The third-order valence-corrected chi connectivity index (χ3v) is 8.30. The fraction of sp³-hybridized carbons (Fsp3) is 0.548. The second kappa shape index (κ2) is 11.9. The quantitative estimate of drug-likeness (QED) is 0.367. The summed E-state index contributed by atoms with van der Waals surface area (Å²) in [7, 11) is 4.06. The van der Waals surface area contributed by atoms with E-state index >= 15 is 0 Å². The van der Waals surface area contributed by atoms with Gasteiger partial charge >= 0.3 is 0 Å². The number of hydrogen-bond donors (Lipinski definition) is 1. The zero-order chi connectivity index (χ0) is 29.4. The fourth-order valence-corrected chi connectivity index (χ4v) is 6.40. The number of aryl methyl sites for hydroxylation is 2. The SMILES string of the molecule is CCOc1nn([C@@H](C)CN2CCCCC2)c2c1/C=C/c1n[nH]c3cnc(cc13)-c1c(C)nn(C)c1O[C@@H](C)CN(C)C2. The molecule has 4 aromatic heterocycles. The van der Waals surface area contributed by atoms with Gasteiger partial charge in [0, 0.05) is 32.1 Å². The summed E-state index contributed by atoms with van der Waals surface area (Å²) in [4.78, 5) is 9.62. The molecule has 2 atom stereocenters. The van der Waals surface area contributed by atoms with Gasteiger partial charge in [-0.3, -0.25) is 19.7 Å². The molecule has 2 aliphatic heterocycles. The van der Waals surface area contributed by atoms with E-state index in [1.807, 2.05) is 31.8 Å². The molecular formula is C31H43N9O2. The molecule has 0 radical (unpaired) electrons. The van der Waals surface area contributed by atoms with Crippen LogP contribution in [-0.2, 0) is 13.6 Å². The Bertz CT molecular complexity index is 1580.